The predicted octanol–water partition coefficient (Wildman–Crippen LogP) is 3.23. The van der Waals surface area contributed by atoms with Crippen LogP contribution in [0, 0.1) is 12.8 Å². The minimum absolute atomic E-state index is 0.201. The molecule has 1 fully saturated rings. The largest absolute Gasteiger partial charge is 0.401 e. The van der Waals surface area contributed by atoms with E-state index >= 15 is 0 Å². The first-order valence-corrected chi connectivity index (χ1v) is 7.65. The minimum Gasteiger partial charge on any atom is -0.369 e. The Morgan fingerprint density at radius 3 is 2.91 bits per heavy atom. The third-order valence-electron chi connectivity index (χ3n) is 4.12. The van der Waals surface area contributed by atoms with Crippen LogP contribution in [0.25, 0.3) is 10.9 Å². The van der Waals surface area contributed by atoms with Crippen molar-refractivity contribution in [2.45, 2.75) is 19.5 Å². The van der Waals surface area contributed by atoms with Crippen LogP contribution in [-0.2, 0) is 0 Å². The molecule has 1 unspecified atom stereocenters. The molecule has 1 saturated heterocycles. The molecular formula is C16H19F3N4. The van der Waals surface area contributed by atoms with Gasteiger partial charge < -0.3 is 5.32 Å². The maximum absolute atomic E-state index is 12.4. The van der Waals surface area contributed by atoms with Gasteiger partial charge in [0.1, 0.15) is 12.1 Å². The summed E-state index contributed by atoms with van der Waals surface area (Å²) in [6, 6.07) is 5.95. The Labute approximate surface area is 132 Å². The van der Waals surface area contributed by atoms with Crippen molar-refractivity contribution in [2.75, 3.05) is 31.5 Å². The number of fused-ring (bicyclic) bond motifs is 1. The van der Waals surface area contributed by atoms with Gasteiger partial charge >= 0.3 is 6.18 Å². The molecule has 0 aliphatic carbocycles. The van der Waals surface area contributed by atoms with Gasteiger partial charge in [-0.15, -0.1) is 0 Å². The van der Waals surface area contributed by atoms with Crippen molar-refractivity contribution in [1.82, 2.24) is 14.9 Å². The normalized spacial score (nSPS) is 19.4. The molecule has 0 spiro atoms. The van der Waals surface area contributed by atoms with Gasteiger partial charge in [0.05, 0.1) is 12.1 Å². The lowest BCUT2D eigenvalue weighted by Gasteiger charge is -2.18. The molecule has 0 amide bonds. The zero-order chi connectivity index (χ0) is 16.4. The van der Waals surface area contributed by atoms with Gasteiger partial charge in [-0.3, -0.25) is 4.90 Å². The fraction of sp³-hybridized carbons (Fsp3) is 0.500. The lowest BCUT2D eigenvalue weighted by atomic mass is 10.1. The van der Waals surface area contributed by atoms with Crippen LogP contribution in [-0.4, -0.2) is 47.2 Å². The molecule has 1 N–H and O–H groups in total. The molecule has 23 heavy (non-hydrogen) atoms. The molecule has 124 valence electrons. The molecule has 0 saturated carbocycles. The first-order valence-electron chi connectivity index (χ1n) is 7.65. The number of halogens is 3. The number of likely N-dealkylation sites (tertiary alicyclic amines) is 1. The zero-order valence-electron chi connectivity index (χ0n) is 12.9. The van der Waals surface area contributed by atoms with Crippen LogP contribution in [0.5, 0.6) is 0 Å². The van der Waals surface area contributed by atoms with Crippen LogP contribution in [0.1, 0.15) is 12.0 Å². The van der Waals surface area contributed by atoms with E-state index in [1.165, 1.54) is 11.2 Å². The van der Waals surface area contributed by atoms with Crippen LogP contribution in [0.3, 0.4) is 0 Å². The Morgan fingerprint density at radius 1 is 1.30 bits per heavy atom. The van der Waals surface area contributed by atoms with E-state index in [0.29, 0.717) is 19.6 Å². The number of aryl methyl sites for hydroxylation is 1. The van der Waals surface area contributed by atoms with E-state index in [1.807, 2.05) is 25.1 Å². The van der Waals surface area contributed by atoms with E-state index in [4.69, 9.17) is 0 Å². The van der Waals surface area contributed by atoms with Crippen molar-refractivity contribution in [1.29, 1.82) is 0 Å². The molecule has 1 aromatic carbocycles. The van der Waals surface area contributed by atoms with Crippen molar-refractivity contribution in [3.05, 3.63) is 30.1 Å². The van der Waals surface area contributed by atoms with Crippen LogP contribution < -0.4 is 5.32 Å². The predicted molar refractivity (Wildman–Crippen MR) is 83.4 cm³/mol. The molecule has 2 heterocycles. The van der Waals surface area contributed by atoms with Crippen molar-refractivity contribution >= 4 is 16.7 Å². The highest BCUT2D eigenvalue weighted by atomic mass is 19.4. The van der Waals surface area contributed by atoms with Gasteiger partial charge in [-0.2, -0.15) is 13.2 Å². The van der Waals surface area contributed by atoms with E-state index in [-0.39, 0.29) is 5.92 Å². The van der Waals surface area contributed by atoms with Crippen molar-refractivity contribution in [3.8, 4) is 0 Å². The van der Waals surface area contributed by atoms with Crippen molar-refractivity contribution in [2.24, 2.45) is 5.92 Å². The van der Waals surface area contributed by atoms with Gasteiger partial charge in [-0.1, -0.05) is 11.6 Å². The second-order valence-corrected chi connectivity index (χ2v) is 6.13. The highest BCUT2D eigenvalue weighted by molar-refractivity contribution is 5.89. The fourth-order valence-corrected chi connectivity index (χ4v) is 3.03. The number of hydrogen-bond acceptors (Lipinski definition) is 4. The Balaban J connectivity index is 1.62. The number of aromatic nitrogens is 2. The highest BCUT2D eigenvalue weighted by Crippen LogP contribution is 2.24. The summed E-state index contributed by atoms with van der Waals surface area (Å²) in [5, 5.41) is 4.22. The van der Waals surface area contributed by atoms with Gasteiger partial charge in [0, 0.05) is 18.5 Å². The molecule has 1 aliphatic rings. The molecular weight excluding hydrogens is 305 g/mol. The van der Waals surface area contributed by atoms with Gasteiger partial charge in [0.2, 0.25) is 0 Å². The van der Waals surface area contributed by atoms with Crippen LogP contribution in [0.2, 0.25) is 0 Å². The Morgan fingerprint density at radius 2 is 2.13 bits per heavy atom. The quantitative estimate of drug-likeness (QED) is 0.937. The Hall–Kier alpha value is -1.89. The summed E-state index contributed by atoms with van der Waals surface area (Å²) in [6.45, 7) is 2.76. The molecule has 0 radical (unpaired) electrons. The first kappa shape index (κ1) is 16.0. The van der Waals surface area contributed by atoms with Crippen molar-refractivity contribution < 1.29 is 13.2 Å². The molecule has 1 aliphatic heterocycles. The molecule has 7 heteroatoms. The maximum Gasteiger partial charge on any atom is 0.401 e. The summed E-state index contributed by atoms with van der Waals surface area (Å²) in [6.07, 6.45) is -1.85. The lowest BCUT2D eigenvalue weighted by Crippen LogP contribution is -2.33. The van der Waals surface area contributed by atoms with E-state index in [2.05, 4.69) is 15.3 Å². The summed E-state index contributed by atoms with van der Waals surface area (Å²) in [5.41, 5.74) is 1.98. The third-order valence-corrected chi connectivity index (χ3v) is 4.12. The minimum atomic E-state index is -4.12. The summed E-state index contributed by atoms with van der Waals surface area (Å²) >= 11 is 0. The number of anilines is 1. The second kappa shape index (κ2) is 6.31. The average Bonchev–Trinajstić information content (AvgIpc) is 2.90. The lowest BCUT2D eigenvalue weighted by molar-refractivity contribution is -0.143. The number of nitrogens with zero attached hydrogens (tertiary/aromatic N) is 3. The van der Waals surface area contributed by atoms with Crippen molar-refractivity contribution in [3.63, 3.8) is 0 Å². The van der Waals surface area contributed by atoms with Gasteiger partial charge in [0.25, 0.3) is 0 Å². The summed E-state index contributed by atoms with van der Waals surface area (Å²) in [7, 11) is 0. The summed E-state index contributed by atoms with van der Waals surface area (Å²) in [4.78, 5) is 9.97. The van der Waals surface area contributed by atoms with E-state index < -0.39 is 12.7 Å². The third kappa shape index (κ3) is 4.10. The van der Waals surface area contributed by atoms with Gasteiger partial charge in [0.15, 0.2) is 0 Å². The molecule has 1 aromatic heterocycles. The van der Waals surface area contributed by atoms with Crippen LogP contribution in [0.4, 0.5) is 19.0 Å². The highest BCUT2D eigenvalue weighted by Gasteiger charge is 2.34. The standard InChI is InChI=1S/C16H19F3N4/c1-11-2-3-14-13(6-11)15(22-10-21-14)20-7-12-4-5-23(8-12)9-16(17,18)19/h2-3,6,10,12H,4-5,7-9H2,1H3,(H,20,21,22). The molecule has 4 nitrogen and oxygen atoms in total. The fourth-order valence-electron chi connectivity index (χ4n) is 3.03. The number of nitrogens with one attached hydrogen (secondary N) is 1. The number of alkyl halides is 3. The summed E-state index contributed by atoms with van der Waals surface area (Å²) in [5.74, 6) is 0.945. The van der Waals surface area contributed by atoms with Gasteiger partial charge in [-0.25, -0.2) is 9.97 Å². The monoisotopic (exact) mass is 324 g/mol. The maximum atomic E-state index is 12.4. The average molecular weight is 324 g/mol. The topological polar surface area (TPSA) is 41.1 Å². The van der Waals surface area contributed by atoms with E-state index in [9.17, 15) is 13.2 Å². The SMILES string of the molecule is Cc1ccc2ncnc(NCC3CCN(CC(F)(F)F)C3)c2c1. The Bertz CT molecular complexity index is 687. The van der Waals surface area contributed by atoms with E-state index in [0.717, 1.165) is 28.7 Å². The number of benzene rings is 1. The van der Waals surface area contributed by atoms with Crippen LogP contribution in [0.15, 0.2) is 24.5 Å². The smallest absolute Gasteiger partial charge is 0.369 e. The Kier molecular flexibility index (Phi) is 4.39. The second-order valence-electron chi connectivity index (χ2n) is 6.13. The molecule has 3 rings (SSSR count). The number of rotatable bonds is 4. The molecule has 2 aromatic rings. The zero-order valence-corrected chi connectivity index (χ0v) is 12.9. The van der Waals surface area contributed by atoms with Crippen LogP contribution >= 0.6 is 0 Å². The van der Waals surface area contributed by atoms with Gasteiger partial charge in [-0.05, 0) is 37.9 Å². The summed E-state index contributed by atoms with van der Waals surface area (Å²) < 4.78 is 37.3. The molecule has 1 atom stereocenters. The molecule has 0 bridgehead atoms. The van der Waals surface area contributed by atoms with E-state index in [1.54, 1.807) is 0 Å². The number of hydrogen-bond donors (Lipinski definition) is 1. The first-order chi connectivity index (χ1) is 10.9.